The SMILES string of the molecule is CC(=NNC(=O)C1CCCCC1)c1ccc(C)o1. The van der Waals surface area contributed by atoms with Crippen LogP contribution in [0.25, 0.3) is 0 Å². The van der Waals surface area contributed by atoms with Crippen molar-refractivity contribution in [1.82, 2.24) is 5.43 Å². The number of hydrazone groups is 1. The van der Waals surface area contributed by atoms with Crippen molar-refractivity contribution >= 4 is 11.6 Å². The molecule has 0 bridgehead atoms. The largest absolute Gasteiger partial charge is 0.460 e. The van der Waals surface area contributed by atoms with Gasteiger partial charge in [0.05, 0.1) is 0 Å². The Bertz CT molecular complexity index is 442. The fourth-order valence-corrected chi connectivity index (χ4v) is 2.28. The van der Waals surface area contributed by atoms with Crippen molar-refractivity contribution in [2.45, 2.75) is 46.0 Å². The van der Waals surface area contributed by atoms with E-state index in [9.17, 15) is 4.79 Å². The number of nitrogens with one attached hydrogen (secondary N) is 1. The second-order valence-corrected chi connectivity index (χ2v) is 4.92. The molecule has 1 fully saturated rings. The number of aryl methyl sites for hydroxylation is 1. The van der Waals surface area contributed by atoms with E-state index in [0.717, 1.165) is 31.4 Å². The second-order valence-electron chi connectivity index (χ2n) is 4.92. The lowest BCUT2D eigenvalue weighted by molar-refractivity contribution is -0.125. The predicted octanol–water partition coefficient (Wildman–Crippen LogP) is 3.01. The van der Waals surface area contributed by atoms with Crippen LogP contribution in [-0.2, 0) is 4.79 Å². The van der Waals surface area contributed by atoms with Crippen LogP contribution in [0.5, 0.6) is 0 Å². The van der Waals surface area contributed by atoms with Crippen molar-refractivity contribution < 1.29 is 9.21 Å². The van der Waals surface area contributed by atoms with E-state index < -0.39 is 0 Å². The Hall–Kier alpha value is -1.58. The number of furan rings is 1. The van der Waals surface area contributed by atoms with Gasteiger partial charge in [-0.25, -0.2) is 5.43 Å². The molecule has 4 heteroatoms. The van der Waals surface area contributed by atoms with Crippen LogP contribution >= 0.6 is 0 Å². The predicted molar refractivity (Wildman–Crippen MR) is 70.4 cm³/mol. The Kier molecular flexibility index (Phi) is 4.18. The van der Waals surface area contributed by atoms with Gasteiger partial charge in [0.15, 0.2) is 0 Å². The van der Waals surface area contributed by atoms with Crippen molar-refractivity contribution in [1.29, 1.82) is 0 Å². The van der Waals surface area contributed by atoms with Gasteiger partial charge in [0, 0.05) is 5.92 Å². The highest BCUT2D eigenvalue weighted by Crippen LogP contribution is 2.23. The number of carbonyl (C=O) groups is 1. The average molecular weight is 248 g/mol. The van der Waals surface area contributed by atoms with E-state index in [-0.39, 0.29) is 11.8 Å². The zero-order valence-electron chi connectivity index (χ0n) is 11.0. The molecule has 1 aliphatic rings. The van der Waals surface area contributed by atoms with E-state index in [1.165, 1.54) is 6.42 Å². The molecule has 1 amide bonds. The number of hydrogen-bond donors (Lipinski definition) is 1. The summed E-state index contributed by atoms with van der Waals surface area (Å²) in [5.74, 6) is 1.72. The van der Waals surface area contributed by atoms with Gasteiger partial charge in [0.2, 0.25) is 5.91 Å². The molecule has 0 unspecified atom stereocenters. The Balaban J connectivity index is 1.91. The van der Waals surface area contributed by atoms with Gasteiger partial charge in [0.25, 0.3) is 0 Å². The summed E-state index contributed by atoms with van der Waals surface area (Å²) < 4.78 is 5.44. The van der Waals surface area contributed by atoms with Gasteiger partial charge in [0.1, 0.15) is 17.2 Å². The van der Waals surface area contributed by atoms with Crippen LogP contribution in [-0.4, -0.2) is 11.6 Å². The van der Waals surface area contributed by atoms with Crippen molar-refractivity contribution in [3.63, 3.8) is 0 Å². The molecule has 0 aliphatic heterocycles. The molecule has 1 aromatic heterocycles. The molecule has 1 saturated carbocycles. The monoisotopic (exact) mass is 248 g/mol. The van der Waals surface area contributed by atoms with E-state index in [4.69, 9.17) is 4.42 Å². The quantitative estimate of drug-likeness (QED) is 0.660. The highest BCUT2D eigenvalue weighted by atomic mass is 16.3. The third-order valence-corrected chi connectivity index (χ3v) is 3.41. The first-order valence-electron chi connectivity index (χ1n) is 6.58. The lowest BCUT2D eigenvalue weighted by Gasteiger charge is -2.19. The second kappa shape index (κ2) is 5.85. The van der Waals surface area contributed by atoms with Gasteiger partial charge in [-0.3, -0.25) is 4.79 Å². The van der Waals surface area contributed by atoms with Crippen LogP contribution in [0.2, 0.25) is 0 Å². The summed E-state index contributed by atoms with van der Waals surface area (Å²) in [7, 11) is 0. The molecule has 0 spiro atoms. The topological polar surface area (TPSA) is 54.6 Å². The molecule has 1 heterocycles. The summed E-state index contributed by atoms with van der Waals surface area (Å²) in [4.78, 5) is 11.9. The molecular weight excluding hydrogens is 228 g/mol. The first-order valence-corrected chi connectivity index (χ1v) is 6.58. The summed E-state index contributed by atoms with van der Waals surface area (Å²) in [5, 5.41) is 4.11. The summed E-state index contributed by atoms with van der Waals surface area (Å²) >= 11 is 0. The third kappa shape index (κ3) is 3.22. The average Bonchev–Trinajstić information content (AvgIpc) is 2.83. The fraction of sp³-hybridized carbons (Fsp3) is 0.571. The van der Waals surface area contributed by atoms with Crippen LogP contribution in [0.15, 0.2) is 21.7 Å². The molecule has 1 aliphatic carbocycles. The molecule has 0 atom stereocenters. The molecule has 18 heavy (non-hydrogen) atoms. The number of carbonyl (C=O) groups excluding carboxylic acids is 1. The summed E-state index contributed by atoms with van der Waals surface area (Å²) in [6.07, 6.45) is 5.52. The van der Waals surface area contributed by atoms with Gasteiger partial charge >= 0.3 is 0 Å². The maximum atomic E-state index is 11.9. The lowest BCUT2D eigenvalue weighted by Crippen LogP contribution is -2.29. The van der Waals surface area contributed by atoms with E-state index in [0.29, 0.717) is 11.5 Å². The zero-order valence-corrected chi connectivity index (χ0v) is 11.0. The Morgan fingerprint density at radius 2 is 2.06 bits per heavy atom. The Morgan fingerprint density at radius 1 is 1.33 bits per heavy atom. The fourth-order valence-electron chi connectivity index (χ4n) is 2.28. The number of rotatable bonds is 3. The molecule has 0 aromatic carbocycles. The van der Waals surface area contributed by atoms with Crippen molar-refractivity contribution in [2.24, 2.45) is 11.0 Å². The molecule has 4 nitrogen and oxygen atoms in total. The molecular formula is C14H20N2O2. The van der Waals surface area contributed by atoms with Crippen LogP contribution in [0, 0.1) is 12.8 Å². The first kappa shape index (κ1) is 12.9. The van der Waals surface area contributed by atoms with Crippen molar-refractivity contribution in [3.8, 4) is 0 Å². The minimum Gasteiger partial charge on any atom is -0.460 e. The highest BCUT2D eigenvalue weighted by molar-refractivity contribution is 5.97. The van der Waals surface area contributed by atoms with E-state index in [1.807, 2.05) is 26.0 Å². The summed E-state index contributed by atoms with van der Waals surface area (Å²) in [5.41, 5.74) is 3.35. The van der Waals surface area contributed by atoms with Crippen LogP contribution < -0.4 is 5.43 Å². The summed E-state index contributed by atoms with van der Waals surface area (Å²) in [6.45, 7) is 3.72. The van der Waals surface area contributed by atoms with E-state index in [1.54, 1.807) is 0 Å². The van der Waals surface area contributed by atoms with Gasteiger partial charge in [-0.2, -0.15) is 5.10 Å². The Morgan fingerprint density at radius 3 is 2.67 bits per heavy atom. The van der Waals surface area contributed by atoms with Crippen molar-refractivity contribution in [2.75, 3.05) is 0 Å². The maximum Gasteiger partial charge on any atom is 0.243 e. The molecule has 2 rings (SSSR count). The lowest BCUT2D eigenvalue weighted by atomic mass is 9.89. The molecule has 1 aromatic rings. The summed E-state index contributed by atoms with van der Waals surface area (Å²) in [6, 6.07) is 3.75. The number of amides is 1. The number of nitrogens with zero attached hydrogens (tertiary/aromatic N) is 1. The van der Waals surface area contributed by atoms with Crippen LogP contribution in [0.3, 0.4) is 0 Å². The van der Waals surface area contributed by atoms with Gasteiger partial charge < -0.3 is 4.42 Å². The zero-order chi connectivity index (χ0) is 13.0. The van der Waals surface area contributed by atoms with Gasteiger partial charge in [-0.15, -0.1) is 0 Å². The Labute approximate surface area is 107 Å². The van der Waals surface area contributed by atoms with E-state index in [2.05, 4.69) is 10.5 Å². The number of hydrogen-bond acceptors (Lipinski definition) is 3. The highest BCUT2D eigenvalue weighted by Gasteiger charge is 2.20. The normalized spacial score (nSPS) is 17.8. The van der Waals surface area contributed by atoms with Gasteiger partial charge in [-0.1, -0.05) is 19.3 Å². The molecule has 1 N–H and O–H groups in total. The molecule has 98 valence electrons. The first-order chi connectivity index (χ1) is 8.66. The minimum absolute atomic E-state index is 0.0392. The van der Waals surface area contributed by atoms with Gasteiger partial charge in [-0.05, 0) is 38.8 Å². The minimum atomic E-state index is 0.0392. The van der Waals surface area contributed by atoms with Crippen LogP contribution in [0.1, 0.15) is 50.5 Å². The van der Waals surface area contributed by atoms with E-state index >= 15 is 0 Å². The molecule has 0 radical (unpaired) electrons. The third-order valence-electron chi connectivity index (χ3n) is 3.41. The molecule has 0 saturated heterocycles. The maximum absolute atomic E-state index is 11.9. The smallest absolute Gasteiger partial charge is 0.243 e. The van der Waals surface area contributed by atoms with Crippen molar-refractivity contribution in [3.05, 3.63) is 23.7 Å². The van der Waals surface area contributed by atoms with Crippen LogP contribution in [0.4, 0.5) is 0 Å². The standard InChI is InChI=1S/C14H20N2O2/c1-10-8-9-13(18-10)11(2)15-16-14(17)12-6-4-3-5-7-12/h8-9,12H,3-7H2,1-2H3,(H,16,17).